The smallest absolute Gasteiger partial charge is 0.248 e. The maximum atomic E-state index is 12.2. The Labute approximate surface area is 131 Å². The summed E-state index contributed by atoms with van der Waals surface area (Å²) in [5, 5.41) is 3.41. The molecule has 22 heavy (non-hydrogen) atoms. The molecule has 5 heteroatoms. The van der Waals surface area contributed by atoms with Gasteiger partial charge < -0.3 is 19.7 Å². The molecular weight excluding hydrogens is 280 g/mol. The van der Waals surface area contributed by atoms with Gasteiger partial charge in [-0.1, -0.05) is 12.1 Å². The van der Waals surface area contributed by atoms with Gasteiger partial charge in [0.1, 0.15) is 12.4 Å². The number of nitrogens with zero attached hydrogens (tertiary/aromatic N) is 1. The van der Waals surface area contributed by atoms with Gasteiger partial charge in [0.2, 0.25) is 5.91 Å². The van der Waals surface area contributed by atoms with Gasteiger partial charge in [-0.15, -0.1) is 0 Å². The number of carbonyl (C=O) groups excluding carboxylic acids is 1. The van der Waals surface area contributed by atoms with Gasteiger partial charge in [0.15, 0.2) is 0 Å². The molecule has 1 aromatic rings. The summed E-state index contributed by atoms with van der Waals surface area (Å²) >= 11 is 0. The van der Waals surface area contributed by atoms with Crippen molar-refractivity contribution >= 4 is 5.91 Å². The average Bonchev–Trinajstić information content (AvgIpc) is 2.77. The maximum Gasteiger partial charge on any atom is 0.248 e. The van der Waals surface area contributed by atoms with Crippen LogP contribution < -0.4 is 10.1 Å². The fraction of sp³-hybridized carbons (Fsp3) is 0.588. The van der Waals surface area contributed by atoms with E-state index in [0.29, 0.717) is 13.1 Å². The second kappa shape index (κ2) is 6.67. The molecule has 0 aliphatic carbocycles. The molecule has 2 saturated heterocycles. The molecule has 5 nitrogen and oxygen atoms in total. The fourth-order valence-electron chi connectivity index (χ4n) is 3.33. The molecule has 1 N–H and O–H groups in total. The highest BCUT2D eigenvalue weighted by Gasteiger charge is 2.39. The van der Waals surface area contributed by atoms with Crippen molar-refractivity contribution in [3.63, 3.8) is 0 Å². The summed E-state index contributed by atoms with van der Waals surface area (Å²) in [6, 6.07) is 7.91. The van der Waals surface area contributed by atoms with E-state index in [0.717, 1.165) is 43.7 Å². The van der Waals surface area contributed by atoms with Crippen molar-refractivity contribution in [3.8, 4) is 5.75 Å². The third-order valence-electron chi connectivity index (χ3n) is 4.58. The van der Waals surface area contributed by atoms with Crippen LogP contribution in [-0.2, 0) is 16.1 Å². The number of methoxy groups -OCH3 is 1. The SMILES string of the molecule is COc1cccc(CN2CC3(CCCNCC3)OCC2=O)c1. The lowest BCUT2D eigenvalue weighted by Crippen LogP contribution is -2.54. The number of carbonyl (C=O) groups is 1. The lowest BCUT2D eigenvalue weighted by atomic mass is 9.92. The van der Waals surface area contributed by atoms with Crippen LogP contribution in [0.4, 0.5) is 0 Å². The fourth-order valence-corrected chi connectivity index (χ4v) is 3.33. The Bertz CT molecular complexity index is 524. The lowest BCUT2D eigenvalue weighted by molar-refractivity contribution is -0.166. The van der Waals surface area contributed by atoms with E-state index in [1.54, 1.807) is 7.11 Å². The number of amides is 1. The molecule has 2 aliphatic heterocycles. The van der Waals surface area contributed by atoms with E-state index in [1.165, 1.54) is 0 Å². The van der Waals surface area contributed by atoms with E-state index >= 15 is 0 Å². The van der Waals surface area contributed by atoms with Crippen LogP contribution in [-0.4, -0.2) is 49.8 Å². The summed E-state index contributed by atoms with van der Waals surface area (Å²) in [4.78, 5) is 14.2. The number of rotatable bonds is 3. The van der Waals surface area contributed by atoms with Crippen molar-refractivity contribution in [2.75, 3.05) is 33.4 Å². The standard InChI is InChI=1S/C17H24N2O3/c1-21-15-5-2-4-14(10-15)11-19-13-17(22-12-16(19)20)6-3-8-18-9-7-17/h2,4-5,10,18H,3,6-9,11-13H2,1H3. The first-order valence-corrected chi connectivity index (χ1v) is 7.96. The first-order chi connectivity index (χ1) is 10.7. The van der Waals surface area contributed by atoms with Crippen LogP contribution in [0.3, 0.4) is 0 Å². The Kier molecular flexibility index (Phi) is 4.64. The predicted octanol–water partition coefficient (Wildman–Crippen LogP) is 1.57. The Morgan fingerprint density at radius 2 is 2.27 bits per heavy atom. The van der Waals surface area contributed by atoms with E-state index in [4.69, 9.17) is 9.47 Å². The summed E-state index contributed by atoms with van der Waals surface area (Å²) in [7, 11) is 1.66. The molecule has 120 valence electrons. The van der Waals surface area contributed by atoms with Gasteiger partial charge in [0, 0.05) is 6.54 Å². The zero-order valence-electron chi connectivity index (χ0n) is 13.1. The summed E-state index contributed by atoms with van der Waals surface area (Å²) in [5.74, 6) is 0.900. The van der Waals surface area contributed by atoms with E-state index in [-0.39, 0.29) is 18.1 Å². The molecule has 1 amide bonds. The highest BCUT2D eigenvalue weighted by Crippen LogP contribution is 2.29. The molecule has 0 aromatic heterocycles. The van der Waals surface area contributed by atoms with E-state index < -0.39 is 0 Å². The molecule has 2 fully saturated rings. The van der Waals surface area contributed by atoms with Crippen molar-refractivity contribution in [2.24, 2.45) is 0 Å². The van der Waals surface area contributed by atoms with Crippen LogP contribution in [0.1, 0.15) is 24.8 Å². The number of morpholine rings is 1. The molecule has 2 aliphatic rings. The second-order valence-corrected chi connectivity index (χ2v) is 6.18. The zero-order chi connectivity index (χ0) is 15.4. The molecule has 3 rings (SSSR count). The van der Waals surface area contributed by atoms with Gasteiger partial charge in [-0.2, -0.15) is 0 Å². The molecule has 1 aromatic carbocycles. The molecule has 0 saturated carbocycles. The first-order valence-electron chi connectivity index (χ1n) is 7.96. The molecule has 1 atom stereocenters. The van der Waals surface area contributed by atoms with Gasteiger partial charge in [0.25, 0.3) is 0 Å². The predicted molar refractivity (Wildman–Crippen MR) is 83.8 cm³/mol. The largest absolute Gasteiger partial charge is 0.497 e. The Morgan fingerprint density at radius 1 is 1.36 bits per heavy atom. The minimum atomic E-state index is -0.170. The Hall–Kier alpha value is -1.59. The molecule has 1 spiro atoms. The van der Waals surface area contributed by atoms with Gasteiger partial charge >= 0.3 is 0 Å². The van der Waals surface area contributed by atoms with E-state index in [9.17, 15) is 4.79 Å². The van der Waals surface area contributed by atoms with Crippen LogP contribution in [0.5, 0.6) is 5.75 Å². The molecule has 2 heterocycles. The molecule has 1 unspecified atom stereocenters. The summed E-state index contributed by atoms with van der Waals surface area (Å²) < 4.78 is 11.2. The number of benzene rings is 1. The van der Waals surface area contributed by atoms with Crippen LogP contribution in [0, 0.1) is 0 Å². The number of hydrogen-bond acceptors (Lipinski definition) is 4. The van der Waals surface area contributed by atoms with Gasteiger partial charge in [-0.25, -0.2) is 0 Å². The number of nitrogens with one attached hydrogen (secondary N) is 1. The van der Waals surface area contributed by atoms with E-state index in [2.05, 4.69) is 5.32 Å². The molecular formula is C17H24N2O3. The number of ether oxygens (including phenoxy) is 2. The third-order valence-corrected chi connectivity index (χ3v) is 4.58. The normalized spacial score (nSPS) is 26.0. The van der Waals surface area contributed by atoms with Crippen molar-refractivity contribution in [1.29, 1.82) is 0 Å². The van der Waals surface area contributed by atoms with E-state index in [1.807, 2.05) is 29.2 Å². The van der Waals surface area contributed by atoms with Crippen LogP contribution in [0.15, 0.2) is 24.3 Å². The van der Waals surface area contributed by atoms with Crippen LogP contribution in [0.2, 0.25) is 0 Å². The lowest BCUT2D eigenvalue weighted by Gasteiger charge is -2.42. The first kappa shape index (κ1) is 15.3. The maximum absolute atomic E-state index is 12.2. The monoisotopic (exact) mass is 304 g/mol. The highest BCUT2D eigenvalue weighted by atomic mass is 16.5. The van der Waals surface area contributed by atoms with Gasteiger partial charge in [-0.3, -0.25) is 4.79 Å². The summed E-state index contributed by atoms with van der Waals surface area (Å²) in [6.07, 6.45) is 3.08. The van der Waals surface area contributed by atoms with Crippen molar-refractivity contribution in [2.45, 2.75) is 31.4 Å². The minimum absolute atomic E-state index is 0.0747. The van der Waals surface area contributed by atoms with Gasteiger partial charge in [-0.05, 0) is 50.0 Å². The average molecular weight is 304 g/mol. The van der Waals surface area contributed by atoms with Gasteiger partial charge in [0.05, 0.1) is 19.3 Å². The third kappa shape index (κ3) is 3.42. The zero-order valence-corrected chi connectivity index (χ0v) is 13.1. The van der Waals surface area contributed by atoms with Crippen LogP contribution in [0.25, 0.3) is 0 Å². The van der Waals surface area contributed by atoms with Crippen molar-refractivity contribution < 1.29 is 14.3 Å². The Morgan fingerprint density at radius 3 is 3.14 bits per heavy atom. The quantitative estimate of drug-likeness (QED) is 0.921. The summed E-state index contributed by atoms with van der Waals surface area (Å²) in [6.45, 7) is 3.50. The topological polar surface area (TPSA) is 50.8 Å². The van der Waals surface area contributed by atoms with Crippen molar-refractivity contribution in [1.82, 2.24) is 10.2 Å². The molecule has 0 bridgehead atoms. The van der Waals surface area contributed by atoms with Crippen LogP contribution >= 0.6 is 0 Å². The van der Waals surface area contributed by atoms with Crippen molar-refractivity contribution in [3.05, 3.63) is 29.8 Å². The summed E-state index contributed by atoms with van der Waals surface area (Å²) in [5.41, 5.74) is 0.924. The molecule has 0 radical (unpaired) electrons. The number of hydrogen-bond donors (Lipinski definition) is 1. The minimum Gasteiger partial charge on any atom is -0.497 e. The second-order valence-electron chi connectivity index (χ2n) is 6.18. The highest BCUT2D eigenvalue weighted by molar-refractivity contribution is 5.78. The Balaban J connectivity index is 1.72.